The highest BCUT2D eigenvalue weighted by Crippen LogP contribution is 2.26. The highest BCUT2D eigenvalue weighted by atomic mass is 32.1. The number of ether oxygens (including phenoxy) is 1. The molecular formula is C11H14N4OS. The number of nitrogen functional groups attached to an aromatic ring is 1. The van der Waals surface area contributed by atoms with Crippen molar-refractivity contribution in [3.05, 3.63) is 29.5 Å². The van der Waals surface area contributed by atoms with Gasteiger partial charge in [-0.05, 0) is 24.5 Å². The molecule has 0 aliphatic rings. The highest BCUT2D eigenvalue weighted by molar-refractivity contribution is 7.10. The monoisotopic (exact) mass is 250 g/mol. The molecule has 2 aromatic rings. The lowest BCUT2D eigenvalue weighted by Gasteiger charge is -2.08. The lowest BCUT2D eigenvalue weighted by molar-refractivity contribution is 0.393. The van der Waals surface area contributed by atoms with E-state index in [-0.39, 0.29) is 0 Å². The molecule has 0 unspecified atom stereocenters. The molecule has 90 valence electrons. The first-order valence-electron chi connectivity index (χ1n) is 5.16. The van der Waals surface area contributed by atoms with Crippen LogP contribution in [0.2, 0.25) is 0 Å². The van der Waals surface area contributed by atoms with Gasteiger partial charge in [-0.15, -0.1) is 0 Å². The fourth-order valence-corrected chi connectivity index (χ4v) is 2.14. The predicted molar refractivity (Wildman–Crippen MR) is 69.4 cm³/mol. The van der Waals surface area contributed by atoms with Crippen LogP contribution in [0, 0.1) is 6.92 Å². The summed E-state index contributed by atoms with van der Waals surface area (Å²) in [7, 11) is 1.61. The second-order valence-corrected chi connectivity index (χ2v) is 4.32. The first kappa shape index (κ1) is 11.7. The van der Waals surface area contributed by atoms with Gasteiger partial charge in [0.15, 0.2) is 0 Å². The van der Waals surface area contributed by atoms with Gasteiger partial charge in [-0.3, -0.25) is 0 Å². The first-order valence-corrected chi connectivity index (χ1v) is 5.93. The summed E-state index contributed by atoms with van der Waals surface area (Å²) in [6.45, 7) is 2.58. The molecule has 0 aliphatic carbocycles. The van der Waals surface area contributed by atoms with E-state index in [9.17, 15) is 0 Å². The van der Waals surface area contributed by atoms with Crippen LogP contribution in [-0.4, -0.2) is 16.5 Å². The van der Waals surface area contributed by atoms with Gasteiger partial charge in [0.25, 0.3) is 0 Å². The third-order valence-electron chi connectivity index (χ3n) is 2.44. The molecule has 0 radical (unpaired) electrons. The number of hydrogen-bond acceptors (Lipinski definition) is 6. The Bertz CT molecular complexity index is 512. The normalized spacial score (nSPS) is 10.2. The van der Waals surface area contributed by atoms with Gasteiger partial charge in [0, 0.05) is 23.9 Å². The van der Waals surface area contributed by atoms with Gasteiger partial charge in [-0.25, -0.2) is 4.98 Å². The van der Waals surface area contributed by atoms with E-state index in [2.05, 4.69) is 14.7 Å². The van der Waals surface area contributed by atoms with Crippen LogP contribution < -0.4 is 15.8 Å². The number of nitrogens with one attached hydrogen (secondary N) is 1. The Hall–Kier alpha value is -1.82. The molecule has 17 heavy (non-hydrogen) atoms. The second kappa shape index (κ2) is 5.01. The van der Waals surface area contributed by atoms with Crippen LogP contribution in [0.5, 0.6) is 5.88 Å². The fraction of sp³-hybridized carbons (Fsp3) is 0.273. The maximum Gasteiger partial charge on any atom is 0.218 e. The number of nitrogens with zero attached hydrogens (tertiary/aromatic N) is 2. The van der Waals surface area contributed by atoms with Crippen molar-refractivity contribution in [2.75, 3.05) is 18.2 Å². The second-order valence-electron chi connectivity index (χ2n) is 3.55. The van der Waals surface area contributed by atoms with E-state index < -0.39 is 0 Å². The average Bonchev–Trinajstić information content (AvgIpc) is 2.68. The molecule has 0 saturated carbocycles. The van der Waals surface area contributed by atoms with Crippen molar-refractivity contribution >= 4 is 22.4 Å². The van der Waals surface area contributed by atoms with Crippen molar-refractivity contribution < 1.29 is 4.74 Å². The molecular weight excluding hydrogens is 236 g/mol. The zero-order valence-electron chi connectivity index (χ0n) is 9.73. The summed E-state index contributed by atoms with van der Waals surface area (Å²) in [4.78, 5) is 4.14. The number of nitrogens with two attached hydrogens (primary N) is 1. The summed E-state index contributed by atoms with van der Waals surface area (Å²) in [5.41, 5.74) is 7.67. The van der Waals surface area contributed by atoms with Gasteiger partial charge >= 0.3 is 0 Å². The Morgan fingerprint density at radius 2 is 2.35 bits per heavy atom. The van der Waals surface area contributed by atoms with E-state index in [1.54, 1.807) is 13.3 Å². The molecule has 3 N–H and O–H groups in total. The predicted octanol–water partition coefficient (Wildman–Crippen LogP) is 2.05. The Morgan fingerprint density at radius 3 is 3.00 bits per heavy atom. The highest BCUT2D eigenvalue weighted by Gasteiger charge is 2.08. The maximum absolute atomic E-state index is 5.69. The van der Waals surface area contributed by atoms with Gasteiger partial charge in [0.2, 0.25) is 5.88 Å². The van der Waals surface area contributed by atoms with E-state index in [0.29, 0.717) is 18.2 Å². The van der Waals surface area contributed by atoms with Crippen LogP contribution in [0.15, 0.2) is 18.3 Å². The number of pyridine rings is 1. The summed E-state index contributed by atoms with van der Waals surface area (Å²) < 4.78 is 9.26. The molecule has 2 rings (SSSR count). The van der Waals surface area contributed by atoms with E-state index in [1.807, 2.05) is 19.1 Å². The summed E-state index contributed by atoms with van der Waals surface area (Å²) in [6.07, 6.45) is 1.71. The largest absolute Gasteiger partial charge is 0.481 e. The number of anilines is 2. The SMILES string of the molecule is COc1ncccc1CNc1snc(N)c1C. The topological polar surface area (TPSA) is 73.1 Å². The van der Waals surface area contributed by atoms with E-state index in [0.717, 1.165) is 16.1 Å². The molecule has 0 saturated heterocycles. The standard InChI is InChI=1S/C11H14N4OS/c1-7-9(12)15-17-11(7)14-6-8-4-3-5-13-10(8)16-2/h3-5,14H,6H2,1-2H3,(H2,12,15). The van der Waals surface area contributed by atoms with Gasteiger partial charge in [-0.2, -0.15) is 4.37 Å². The molecule has 0 atom stereocenters. The first-order chi connectivity index (χ1) is 8.22. The average molecular weight is 250 g/mol. The summed E-state index contributed by atoms with van der Waals surface area (Å²) in [5.74, 6) is 1.21. The van der Waals surface area contributed by atoms with E-state index in [1.165, 1.54) is 11.5 Å². The molecule has 2 aromatic heterocycles. The van der Waals surface area contributed by atoms with Crippen molar-refractivity contribution in [1.82, 2.24) is 9.36 Å². The third-order valence-corrected chi connectivity index (χ3v) is 3.36. The minimum Gasteiger partial charge on any atom is -0.481 e. The van der Waals surface area contributed by atoms with Crippen LogP contribution in [-0.2, 0) is 6.54 Å². The van der Waals surface area contributed by atoms with Gasteiger partial charge < -0.3 is 15.8 Å². The minimum absolute atomic E-state index is 0.579. The maximum atomic E-state index is 5.69. The van der Waals surface area contributed by atoms with Crippen molar-refractivity contribution in [3.8, 4) is 5.88 Å². The molecule has 0 bridgehead atoms. The zero-order chi connectivity index (χ0) is 12.3. The molecule has 6 heteroatoms. The van der Waals surface area contributed by atoms with Gasteiger partial charge in [0.05, 0.1) is 7.11 Å². The van der Waals surface area contributed by atoms with Crippen molar-refractivity contribution in [1.29, 1.82) is 0 Å². The fourth-order valence-electron chi connectivity index (χ4n) is 1.43. The van der Waals surface area contributed by atoms with E-state index in [4.69, 9.17) is 10.5 Å². The Balaban J connectivity index is 2.10. The van der Waals surface area contributed by atoms with Crippen molar-refractivity contribution in [2.24, 2.45) is 0 Å². The Labute approximate surface area is 104 Å². The molecule has 2 heterocycles. The molecule has 0 fully saturated rings. The number of methoxy groups -OCH3 is 1. The molecule has 0 amide bonds. The molecule has 5 nitrogen and oxygen atoms in total. The van der Waals surface area contributed by atoms with Crippen LogP contribution in [0.1, 0.15) is 11.1 Å². The number of rotatable bonds is 4. The Morgan fingerprint density at radius 1 is 1.53 bits per heavy atom. The summed E-state index contributed by atoms with van der Waals surface area (Å²) in [5, 5.41) is 4.26. The lowest BCUT2D eigenvalue weighted by Crippen LogP contribution is -2.02. The van der Waals surface area contributed by atoms with Gasteiger partial charge in [0.1, 0.15) is 10.8 Å². The van der Waals surface area contributed by atoms with Crippen LogP contribution in [0.4, 0.5) is 10.8 Å². The summed E-state index contributed by atoms with van der Waals surface area (Å²) >= 11 is 1.36. The zero-order valence-corrected chi connectivity index (χ0v) is 10.5. The van der Waals surface area contributed by atoms with Gasteiger partial charge in [-0.1, -0.05) is 6.07 Å². The minimum atomic E-state index is 0.579. The molecule has 0 aromatic carbocycles. The van der Waals surface area contributed by atoms with E-state index >= 15 is 0 Å². The van der Waals surface area contributed by atoms with Crippen LogP contribution >= 0.6 is 11.5 Å². The quantitative estimate of drug-likeness (QED) is 0.868. The van der Waals surface area contributed by atoms with Crippen molar-refractivity contribution in [3.63, 3.8) is 0 Å². The third kappa shape index (κ3) is 2.47. The molecule has 0 aliphatic heterocycles. The van der Waals surface area contributed by atoms with Crippen LogP contribution in [0.3, 0.4) is 0 Å². The molecule has 0 spiro atoms. The van der Waals surface area contributed by atoms with Crippen LogP contribution in [0.25, 0.3) is 0 Å². The number of aromatic nitrogens is 2. The smallest absolute Gasteiger partial charge is 0.218 e. The summed E-state index contributed by atoms with van der Waals surface area (Å²) in [6, 6.07) is 3.85. The number of hydrogen-bond donors (Lipinski definition) is 2. The Kier molecular flexibility index (Phi) is 3.43. The van der Waals surface area contributed by atoms with Crippen molar-refractivity contribution in [2.45, 2.75) is 13.5 Å². The lowest BCUT2D eigenvalue weighted by atomic mass is 10.2.